The first-order chi connectivity index (χ1) is 3.66. The van der Waals surface area contributed by atoms with Crippen molar-refractivity contribution in [3.8, 4) is 0 Å². The Morgan fingerprint density at radius 3 is 2.50 bits per heavy atom. The van der Waals surface area contributed by atoms with Crippen molar-refractivity contribution in [3.63, 3.8) is 0 Å². The van der Waals surface area contributed by atoms with E-state index < -0.39 is 5.97 Å². The molecule has 8 heavy (non-hydrogen) atoms. The molecule has 0 rings (SSSR count). The van der Waals surface area contributed by atoms with Gasteiger partial charge in [0.05, 0.1) is 0 Å². The Labute approximate surface area is 46.7 Å². The fourth-order valence-corrected chi connectivity index (χ4v) is 0.235. The normalized spacial score (nSPS) is 8.12. The average molecular weight is 116 g/mol. The topological polar surface area (TPSA) is 57.6 Å². The molecule has 0 aromatic carbocycles. The van der Waals surface area contributed by atoms with Gasteiger partial charge in [0.1, 0.15) is 6.54 Å². The maximum Gasteiger partial charge on any atom is 0.323 e. The monoisotopic (exact) mass is 116 g/mol. The Morgan fingerprint density at radius 2 is 2.38 bits per heavy atom. The molecule has 0 atom stereocenters. The van der Waals surface area contributed by atoms with E-state index >= 15 is 0 Å². The number of carbonyl (C=O) groups is 1. The number of carbonyl (C=O) groups excluding carboxylic acids is 1. The average Bonchev–Trinajstić information content (AvgIpc) is 1.65. The van der Waals surface area contributed by atoms with Crippen LogP contribution in [0, 0.1) is 0 Å². The van der Waals surface area contributed by atoms with Crippen LogP contribution >= 0.6 is 0 Å². The molecule has 0 spiro atoms. The number of aliphatic carboxylic acids is 1. The summed E-state index contributed by atoms with van der Waals surface area (Å²) in [6.07, 6.45) is 1.40. The molecular formula is C4H6NO3. The fourth-order valence-electron chi connectivity index (χ4n) is 0.235. The molecular weight excluding hydrogens is 110 g/mol. The lowest BCUT2D eigenvalue weighted by Crippen LogP contribution is -2.23. The van der Waals surface area contributed by atoms with Crippen LogP contribution in [0.15, 0.2) is 0 Å². The minimum atomic E-state index is -1.03. The molecule has 1 N–H and O–H groups in total. The van der Waals surface area contributed by atoms with E-state index in [9.17, 15) is 9.59 Å². The molecule has 0 aliphatic carbocycles. The van der Waals surface area contributed by atoms with Crippen molar-refractivity contribution in [1.82, 2.24) is 4.90 Å². The third kappa shape index (κ3) is 3.14. The summed E-state index contributed by atoms with van der Waals surface area (Å²) in [5.41, 5.74) is 0. The van der Waals surface area contributed by atoms with Crippen LogP contribution in [0.4, 0.5) is 0 Å². The Kier molecular flexibility index (Phi) is 2.61. The van der Waals surface area contributed by atoms with Gasteiger partial charge in [0.2, 0.25) is 0 Å². The molecule has 1 radical (unpaired) electrons. The highest BCUT2D eigenvalue weighted by Crippen LogP contribution is 1.71. The lowest BCUT2D eigenvalue weighted by molar-refractivity contribution is -0.137. The molecule has 1 amide bonds. The summed E-state index contributed by atoms with van der Waals surface area (Å²) in [5.74, 6) is -1.03. The van der Waals surface area contributed by atoms with E-state index in [4.69, 9.17) is 5.11 Å². The van der Waals surface area contributed by atoms with Crippen molar-refractivity contribution < 1.29 is 14.7 Å². The smallest absolute Gasteiger partial charge is 0.323 e. The maximum atomic E-state index is 9.75. The van der Waals surface area contributed by atoms with Crippen LogP contribution in [-0.4, -0.2) is 36.0 Å². The van der Waals surface area contributed by atoms with Gasteiger partial charge in [-0.05, 0) is 0 Å². The second kappa shape index (κ2) is 3.01. The van der Waals surface area contributed by atoms with Gasteiger partial charge in [0.25, 0.3) is 0 Å². The molecule has 0 aromatic heterocycles. The van der Waals surface area contributed by atoms with Crippen molar-refractivity contribution in [2.24, 2.45) is 0 Å². The van der Waals surface area contributed by atoms with Gasteiger partial charge in [-0.2, -0.15) is 0 Å². The molecule has 0 unspecified atom stereocenters. The zero-order chi connectivity index (χ0) is 6.57. The second-order valence-electron chi connectivity index (χ2n) is 1.34. The van der Waals surface area contributed by atoms with Crippen LogP contribution in [0.5, 0.6) is 0 Å². The zero-order valence-corrected chi connectivity index (χ0v) is 4.42. The Balaban J connectivity index is 3.38. The Morgan fingerprint density at radius 1 is 1.88 bits per heavy atom. The molecule has 4 nitrogen and oxygen atoms in total. The van der Waals surface area contributed by atoms with E-state index in [0.29, 0.717) is 0 Å². The van der Waals surface area contributed by atoms with Crippen LogP contribution in [-0.2, 0) is 9.59 Å². The summed E-state index contributed by atoms with van der Waals surface area (Å²) in [7, 11) is 1.35. The number of nitrogens with zero attached hydrogens (tertiary/aromatic N) is 1. The van der Waals surface area contributed by atoms with Crippen LogP contribution in [0.3, 0.4) is 0 Å². The van der Waals surface area contributed by atoms with E-state index in [1.54, 1.807) is 0 Å². The van der Waals surface area contributed by atoms with E-state index in [0.717, 1.165) is 4.90 Å². The van der Waals surface area contributed by atoms with E-state index in [2.05, 4.69) is 0 Å². The number of carboxylic acid groups (broad SMARTS) is 1. The van der Waals surface area contributed by atoms with Gasteiger partial charge >= 0.3 is 12.4 Å². The highest BCUT2D eigenvalue weighted by Gasteiger charge is 1.99. The number of likely N-dealkylation sites (N-methyl/N-ethyl adjacent to an activating group) is 1. The molecule has 0 fully saturated rings. The first-order valence-corrected chi connectivity index (χ1v) is 1.97. The van der Waals surface area contributed by atoms with Crippen LogP contribution in [0.2, 0.25) is 0 Å². The maximum absolute atomic E-state index is 9.75. The molecule has 0 aliphatic heterocycles. The quantitative estimate of drug-likeness (QED) is 0.484. The second-order valence-corrected chi connectivity index (χ2v) is 1.34. The molecule has 4 heteroatoms. The van der Waals surface area contributed by atoms with Crippen molar-refractivity contribution in [1.29, 1.82) is 0 Å². The lowest BCUT2D eigenvalue weighted by atomic mass is 10.6. The summed E-state index contributed by atoms with van der Waals surface area (Å²) >= 11 is 0. The van der Waals surface area contributed by atoms with Crippen molar-refractivity contribution in [2.45, 2.75) is 0 Å². The summed E-state index contributed by atoms with van der Waals surface area (Å²) in [5, 5.41) is 7.99. The standard InChI is InChI=1S/C4H6NO3/c1-5(3-6)2-4(7)8/h2H2,1H3,(H,7,8). The molecule has 0 saturated heterocycles. The fraction of sp³-hybridized carbons (Fsp3) is 0.500. The molecule has 0 heterocycles. The minimum absolute atomic E-state index is 0.288. The largest absolute Gasteiger partial charge is 0.480 e. The SMILES string of the molecule is CN([C]=O)CC(=O)O. The Hall–Kier alpha value is -1.06. The van der Waals surface area contributed by atoms with Crippen LogP contribution in [0.1, 0.15) is 0 Å². The Bertz CT molecular complexity index is 101. The predicted molar refractivity (Wildman–Crippen MR) is 26.0 cm³/mol. The molecule has 0 aromatic rings. The summed E-state index contributed by atoms with van der Waals surface area (Å²) in [6.45, 7) is -0.288. The van der Waals surface area contributed by atoms with E-state index in [-0.39, 0.29) is 6.54 Å². The molecule has 0 bridgehead atoms. The number of rotatable bonds is 3. The first kappa shape index (κ1) is 6.94. The minimum Gasteiger partial charge on any atom is -0.480 e. The van der Waals surface area contributed by atoms with Gasteiger partial charge in [0.15, 0.2) is 0 Å². The van der Waals surface area contributed by atoms with Crippen molar-refractivity contribution in [3.05, 3.63) is 0 Å². The van der Waals surface area contributed by atoms with Gasteiger partial charge in [-0.1, -0.05) is 0 Å². The number of carboxylic acids is 1. The highest BCUT2D eigenvalue weighted by atomic mass is 16.4. The predicted octanol–water partition coefficient (Wildman–Crippen LogP) is -0.930. The van der Waals surface area contributed by atoms with E-state index in [1.807, 2.05) is 0 Å². The van der Waals surface area contributed by atoms with Crippen molar-refractivity contribution in [2.75, 3.05) is 13.6 Å². The number of amides is 1. The molecule has 0 saturated carbocycles. The van der Waals surface area contributed by atoms with Gasteiger partial charge in [-0.15, -0.1) is 0 Å². The van der Waals surface area contributed by atoms with Gasteiger partial charge in [-0.3, -0.25) is 9.59 Å². The summed E-state index contributed by atoms with van der Waals surface area (Å²) < 4.78 is 0. The van der Waals surface area contributed by atoms with Crippen molar-refractivity contribution >= 4 is 12.4 Å². The van der Waals surface area contributed by atoms with Crippen LogP contribution in [0.25, 0.3) is 0 Å². The van der Waals surface area contributed by atoms with Crippen LogP contribution < -0.4 is 0 Å². The lowest BCUT2D eigenvalue weighted by Gasteiger charge is -2.01. The summed E-state index contributed by atoms with van der Waals surface area (Å²) in [6, 6.07) is 0. The van der Waals surface area contributed by atoms with Gasteiger partial charge in [-0.25, -0.2) is 0 Å². The van der Waals surface area contributed by atoms with E-state index in [1.165, 1.54) is 13.5 Å². The molecule has 0 aliphatic rings. The summed E-state index contributed by atoms with van der Waals surface area (Å²) in [4.78, 5) is 20.2. The van der Waals surface area contributed by atoms with Gasteiger partial charge in [0, 0.05) is 7.05 Å². The van der Waals surface area contributed by atoms with Gasteiger partial charge < -0.3 is 10.0 Å². The third-order valence-corrected chi connectivity index (χ3v) is 0.528. The first-order valence-electron chi connectivity index (χ1n) is 1.97. The third-order valence-electron chi connectivity index (χ3n) is 0.528. The number of hydrogen-bond donors (Lipinski definition) is 1. The zero-order valence-electron chi connectivity index (χ0n) is 4.42. The number of hydrogen-bond acceptors (Lipinski definition) is 2. The molecule has 45 valence electrons. The highest BCUT2D eigenvalue weighted by molar-refractivity contribution is 5.71.